The van der Waals surface area contributed by atoms with Crippen molar-refractivity contribution in [3.63, 3.8) is 0 Å². The molecule has 7 heteroatoms. The Morgan fingerprint density at radius 2 is 1.83 bits per heavy atom. The van der Waals surface area contributed by atoms with E-state index in [4.69, 9.17) is 18.6 Å². The van der Waals surface area contributed by atoms with Gasteiger partial charge in [-0.25, -0.2) is 0 Å². The Morgan fingerprint density at radius 1 is 1.25 bits per heavy atom. The van der Waals surface area contributed by atoms with Crippen molar-refractivity contribution in [3.8, 4) is 0 Å². The van der Waals surface area contributed by atoms with Gasteiger partial charge in [0, 0.05) is 0 Å². The molecule has 2 fully saturated rings. The first-order valence-electron chi connectivity index (χ1n) is 8.26. The van der Waals surface area contributed by atoms with E-state index < -0.39 is 25.3 Å². The molecule has 3 nitrogen and oxygen atoms in total. The summed E-state index contributed by atoms with van der Waals surface area (Å²) in [4.78, 5) is 0. The average Bonchev–Trinajstić information content (AvgIpc) is 2.87. The maximum atomic E-state index is 4.89. The molecule has 0 spiro atoms. The van der Waals surface area contributed by atoms with Crippen LogP contribution in [0.25, 0.3) is 10.6 Å². The third kappa shape index (κ3) is 4.98. The van der Waals surface area contributed by atoms with E-state index in [0.29, 0.717) is 6.67 Å². The van der Waals surface area contributed by atoms with E-state index in [2.05, 4.69) is 60.4 Å². The summed E-state index contributed by atoms with van der Waals surface area (Å²) >= 11 is -0.556. The van der Waals surface area contributed by atoms with Crippen molar-refractivity contribution in [1.82, 2.24) is 4.57 Å². The molecule has 3 rings (SSSR count). The first kappa shape index (κ1) is 22.9. The molecule has 24 heavy (non-hydrogen) atoms. The minimum absolute atomic E-state index is 0. The quantitative estimate of drug-likeness (QED) is 0.389. The van der Waals surface area contributed by atoms with Crippen LogP contribution in [0.1, 0.15) is 20.3 Å². The van der Waals surface area contributed by atoms with E-state index in [1.165, 1.54) is 6.42 Å². The predicted octanol–water partition coefficient (Wildman–Crippen LogP) is 6.11. The predicted molar refractivity (Wildman–Crippen MR) is 106 cm³/mol. The van der Waals surface area contributed by atoms with Gasteiger partial charge in [0.15, 0.2) is 0 Å². The van der Waals surface area contributed by atoms with Gasteiger partial charge in [-0.2, -0.15) is 0 Å². The molecule has 1 saturated carbocycles. The summed E-state index contributed by atoms with van der Waals surface area (Å²) in [5.74, 6) is 2.35. The van der Waals surface area contributed by atoms with E-state index >= 15 is 0 Å². The Hall–Kier alpha value is 0.871. The molecule has 4 unspecified atom stereocenters. The van der Waals surface area contributed by atoms with Crippen LogP contribution in [0.4, 0.5) is 0 Å². The molecule has 0 aromatic heterocycles. The summed E-state index contributed by atoms with van der Waals surface area (Å²) in [6.07, 6.45) is 8.45. The third-order valence-electron chi connectivity index (χ3n) is 5.77. The molecule has 0 aromatic carbocycles. The van der Waals surface area contributed by atoms with Gasteiger partial charge in [0.1, 0.15) is 8.24 Å². The standard InChI is InChI=1S/C16H27N3Si.CH3.2ClH.Ti/c1-12-6-5-7-14-15(12)8-13(2)16(14)20(3,4)19-10-17-9-18-11-19;;;;/h5-7,13-16H,8-11H2,1-4H3;1H3;2*1H;/q-2;-1;;;+6/p-2. The number of hydrogen-bond acceptors (Lipinski definition) is 1. The second-order valence-electron chi connectivity index (χ2n) is 7.35. The maximum absolute atomic E-state index is 4.89. The van der Waals surface area contributed by atoms with Crippen molar-refractivity contribution in [3.05, 3.63) is 41.9 Å². The molecule has 0 radical (unpaired) electrons. The number of hydrogen-bond donors (Lipinski definition) is 0. The summed E-state index contributed by atoms with van der Waals surface area (Å²) in [7, 11) is 8.27. The average molecular weight is 423 g/mol. The van der Waals surface area contributed by atoms with Crippen molar-refractivity contribution < 1.29 is 17.0 Å². The van der Waals surface area contributed by atoms with Crippen molar-refractivity contribution >= 4 is 26.8 Å². The fraction of sp³-hybridized carbons (Fsp3) is 0.706. The zero-order chi connectivity index (χ0) is 17.0. The van der Waals surface area contributed by atoms with Gasteiger partial charge in [-0.05, 0) is 36.6 Å². The van der Waals surface area contributed by atoms with Crippen LogP contribution in [-0.4, -0.2) is 32.8 Å². The zero-order valence-electron chi connectivity index (χ0n) is 15.5. The molecule has 134 valence electrons. The van der Waals surface area contributed by atoms with E-state index in [1.807, 2.05) is 0 Å². The Kier molecular flexibility index (Phi) is 9.80. The normalized spacial score (nSPS) is 33.2. The van der Waals surface area contributed by atoms with E-state index in [9.17, 15) is 0 Å². The minimum atomic E-state index is -1.50. The molecule has 0 N–H and O–H groups in total. The van der Waals surface area contributed by atoms with Crippen LogP contribution in [0.2, 0.25) is 18.6 Å². The van der Waals surface area contributed by atoms with Gasteiger partial charge in [0.25, 0.3) is 0 Å². The van der Waals surface area contributed by atoms with Gasteiger partial charge in [-0.15, -0.1) is 13.3 Å². The van der Waals surface area contributed by atoms with Crippen molar-refractivity contribution in [2.24, 2.45) is 17.8 Å². The zero-order valence-corrected chi connectivity index (χ0v) is 19.5. The summed E-state index contributed by atoms with van der Waals surface area (Å²) in [5.41, 5.74) is 2.42. The van der Waals surface area contributed by atoms with Crippen molar-refractivity contribution in [2.45, 2.75) is 38.9 Å². The Bertz CT molecular complexity index is 453. The van der Waals surface area contributed by atoms with Crippen LogP contribution in [0.15, 0.2) is 23.8 Å². The second-order valence-corrected chi connectivity index (χ2v) is 14.5. The monoisotopic (exact) mass is 422 g/mol. The molecule has 4 atom stereocenters. The fourth-order valence-electron chi connectivity index (χ4n) is 4.73. The van der Waals surface area contributed by atoms with Crippen molar-refractivity contribution in [2.75, 3.05) is 20.0 Å². The van der Waals surface area contributed by atoms with Crippen molar-refractivity contribution in [1.29, 1.82) is 0 Å². The summed E-state index contributed by atoms with van der Waals surface area (Å²) in [6, 6.07) is 0. The summed E-state index contributed by atoms with van der Waals surface area (Å²) in [5, 5.41) is 9.01. The first-order valence-corrected chi connectivity index (χ1v) is 15.6. The van der Waals surface area contributed by atoms with Gasteiger partial charge >= 0.3 is 35.6 Å². The van der Waals surface area contributed by atoms with Crippen LogP contribution in [0.3, 0.4) is 0 Å². The van der Waals surface area contributed by atoms with E-state index in [0.717, 1.165) is 36.6 Å². The van der Waals surface area contributed by atoms with Crippen LogP contribution in [-0.2, 0) is 17.0 Å². The molecule has 2 aliphatic carbocycles. The number of fused-ring (bicyclic) bond motifs is 1. The van der Waals surface area contributed by atoms with Gasteiger partial charge in [-0.3, -0.25) is 6.67 Å². The van der Waals surface area contributed by atoms with Gasteiger partial charge < -0.3 is 22.6 Å². The Balaban J connectivity index is 0.000000671. The third-order valence-corrected chi connectivity index (χ3v) is 10.3. The molecule has 0 amide bonds. The van der Waals surface area contributed by atoms with Crippen LogP contribution < -0.4 is 0 Å². The summed E-state index contributed by atoms with van der Waals surface area (Å²) in [6.45, 7) is 12.4. The van der Waals surface area contributed by atoms with E-state index in [-0.39, 0.29) is 7.43 Å². The van der Waals surface area contributed by atoms with Crippen LogP contribution >= 0.6 is 18.6 Å². The molecule has 1 heterocycles. The Morgan fingerprint density at radius 3 is 2.42 bits per heavy atom. The number of halogens is 2. The number of nitrogens with zero attached hydrogens (tertiary/aromatic N) is 3. The van der Waals surface area contributed by atoms with Crippen LogP contribution in [0.5, 0.6) is 0 Å². The topological polar surface area (TPSA) is 31.4 Å². The molecular formula is C17H30Cl2N3SiTi+. The second kappa shape index (κ2) is 10.3. The number of allylic oxidation sites excluding steroid dienone is 4. The van der Waals surface area contributed by atoms with Gasteiger partial charge in [0.2, 0.25) is 0 Å². The summed E-state index contributed by atoms with van der Waals surface area (Å²) < 4.78 is 2.60. The Labute approximate surface area is 166 Å². The number of rotatable bonds is 2. The van der Waals surface area contributed by atoms with Crippen LogP contribution in [0, 0.1) is 25.2 Å². The fourth-order valence-corrected chi connectivity index (χ4v) is 8.89. The molecule has 0 aromatic rings. The molecule has 0 bridgehead atoms. The SMILES string of the molecule is CC1=CC=CC2C1CC(C)C2[Si](C)(C)N1C[N-]C[N-]C1.[CH3-].[Cl][Ti+4][Cl]. The first-order chi connectivity index (χ1) is 10.9. The molecule has 1 saturated heterocycles. The van der Waals surface area contributed by atoms with Gasteiger partial charge in [0.05, 0.1) is 0 Å². The molecule has 1 aliphatic heterocycles. The molecular weight excluding hydrogens is 393 g/mol. The van der Waals surface area contributed by atoms with E-state index in [1.54, 1.807) is 5.57 Å². The molecule has 3 aliphatic rings. The van der Waals surface area contributed by atoms with Gasteiger partial charge in [-0.1, -0.05) is 43.8 Å².